The van der Waals surface area contributed by atoms with Crippen molar-refractivity contribution in [3.8, 4) is 0 Å². The van der Waals surface area contributed by atoms with Gasteiger partial charge in [-0.05, 0) is 12.5 Å². The van der Waals surface area contributed by atoms with Crippen LogP contribution in [0.2, 0.25) is 0 Å². The number of nitro groups is 1. The lowest BCUT2D eigenvalue weighted by molar-refractivity contribution is -0.384. The average molecular weight is 285 g/mol. The molecule has 104 valence electrons. The lowest BCUT2D eigenvalue weighted by Gasteiger charge is -2.20. The van der Waals surface area contributed by atoms with Crippen molar-refractivity contribution in [1.82, 2.24) is 0 Å². The molecule has 1 aliphatic heterocycles. The Labute approximate surface area is 111 Å². The van der Waals surface area contributed by atoms with E-state index in [4.69, 9.17) is 5.73 Å². The van der Waals surface area contributed by atoms with E-state index in [2.05, 4.69) is 0 Å². The first-order chi connectivity index (χ1) is 8.79. The molecule has 1 heterocycles. The van der Waals surface area contributed by atoms with Crippen molar-refractivity contribution in [2.75, 3.05) is 24.2 Å². The van der Waals surface area contributed by atoms with E-state index < -0.39 is 14.8 Å². The zero-order valence-corrected chi connectivity index (χ0v) is 11.3. The molecule has 0 aromatic heterocycles. The predicted molar refractivity (Wildman–Crippen MR) is 71.0 cm³/mol. The number of non-ortho nitro benzene ring substituents is 1. The van der Waals surface area contributed by atoms with E-state index in [1.165, 1.54) is 18.2 Å². The van der Waals surface area contributed by atoms with Gasteiger partial charge in [-0.1, -0.05) is 0 Å². The molecule has 2 rings (SSSR count). The molecule has 0 radical (unpaired) electrons. The number of benzene rings is 1. The van der Waals surface area contributed by atoms with Crippen molar-refractivity contribution < 1.29 is 13.3 Å². The highest BCUT2D eigenvalue weighted by Gasteiger charge is 2.26. The van der Waals surface area contributed by atoms with Gasteiger partial charge < -0.3 is 10.6 Å². The Morgan fingerprint density at radius 3 is 2.63 bits per heavy atom. The molecular formula is C11H15N3O4S. The van der Waals surface area contributed by atoms with Gasteiger partial charge in [0, 0.05) is 37.5 Å². The third-order valence-corrected chi connectivity index (χ3v) is 4.26. The fourth-order valence-corrected chi connectivity index (χ4v) is 3.07. The van der Waals surface area contributed by atoms with Gasteiger partial charge in [0.05, 0.1) is 15.5 Å². The number of nitro benzene ring substituents is 1. The Bertz CT molecular complexity index is 614. The third-order valence-electron chi connectivity index (χ3n) is 3.12. The predicted octanol–water partition coefficient (Wildman–Crippen LogP) is 0.536. The average Bonchev–Trinajstić information content (AvgIpc) is 2.73. The van der Waals surface area contributed by atoms with Gasteiger partial charge in [-0.25, -0.2) is 8.42 Å². The monoisotopic (exact) mass is 285 g/mol. The maximum Gasteiger partial charge on any atom is 0.271 e. The van der Waals surface area contributed by atoms with Crippen molar-refractivity contribution in [1.29, 1.82) is 0 Å². The summed E-state index contributed by atoms with van der Waals surface area (Å²) in [4.78, 5) is 12.2. The lowest BCUT2D eigenvalue weighted by Crippen LogP contribution is -2.27. The first-order valence-electron chi connectivity index (χ1n) is 5.78. The maximum absolute atomic E-state index is 11.7. The van der Waals surface area contributed by atoms with Gasteiger partial charge in [-0.3, -0.25) is 10.1 Å². The Morgan fingerprint density at radius 2 is 2.16 bits per heavy atom. The smallest absolute Gasteiger partial charge is 0.271 e. The van der Waals surface area contributed by atoms with E-state index in [-0.39, 0.29) is 16.6 Å². The van der Waals surface area contributed by atoms with Gasteiger partial charge in [-0.15, -0.1) is 0 Å². The number of nitrogens with zero attached hydrogens (tertiary/aromatic N) is 2. The summed E-state index contributed by atoms with van der Waals surface area (Å²) in [7, 11) is -3.44. The van der Waals surface area contributed by atoms with Crippen LogP contribution in [0.4, 0.5) is 11.4 Å². The Balaban J connectivity index is 2.53. The van der Waals surface area contributed by atoms with Gasteiger partial charge in [0.2, 0.25) is 0 Å². The van der Waals surface area contributed by atoms with E-state index in [9.17, 15) is 18.5 Å². The van der Waals surface area contributed by atoms with E-state index in [0.717, 1.165) is 12.7 Å². The molecule has 0 unspecified atom stereocenters. The number of rotatable bonds is 3. The normalized spacial score (nSPS) is 19.7. The molecule has 1 aromatic rings. The fourth-order valence-electron chi connectivity index (χ4n) is 2.19. The second-order valence-corrected chi connectivity index (χ2v) is 6.66. The Hall–Kier alpha value is -1.67. The van der Waals surface area contributed by atoms with Crippen molar-refractivity contribution in [3.63, 3.8) is 0 Å². The van der Waals surface area contributed by atoms with Crippen LogP contribution in [-0.2, 0) is 9.84 Å². The van der Waals surface area contributed by atoms with Crippen molar-refractivity contribution in [2.24, 2.45) is 5.73 Å². The molecule has 1 saturated heterocycles. The van der Waals surface area contributed by atoms with Gasteiger partial charge in [0.15, 0.2) is 9.84 Å². The zero-order valence-electron chi connectivity index (χ0n) is 10.4. The summed E-state index contributed by atoms with van der Waals surface area (Å²) in [6.45, 7) is 1.11. The second kappa shape index (κ2) is 4.78. The first-order valence-corrected chi connectivity index (χ1v) is 7.67. The molecule has 1 fully saturated rings. The minimum Gasteiger partial charge on any atom is -0.369 e. The number of hydrogen-bond acceptors (Lipinski definition) is 6. The highest BCUT2D eigenvalue weighted by molar-refractivity contribution is 7.90. The van der Waals surface area contributed by atoms with Crippen LogP contribution >= 0.6 is 0 Å². The molecule has 0 amide bonds. The maximum atomic E-state index is 11.7. The molecular weight excluding hydrogens is 270 g/mol. The summed E-state index contributed by atoms with van der Waals surface area (Å²) < 4.78 is 23.5. The summed E-state index contributed by atoms with van der Waals surface area (Å²) in [6.07, 6.45) is 1.83. The van der Waals surface area contributed by atoms with E-state index >= 15 is 0 Å². The number of anilines is 1. The van der Waals surface area contributed by atoms with Crippen molar-refractivity contribution >= 4 is 21.2 Å². The molecule has 8 heteroatoms. The minimum absolute atomic E-state index is 0.0355. The molecule has 1 aliphatic rings. The summed E-state index contributed by atoms with van der Waals surface area (Å²) in [5, 5.41) is 10.8. The molecule has 19 heavy (non-hydrogen) atoms. The fraction of sp³-hybridized carbons (Fsp3) is 0.455. The number of hydrogen-bond donors (Lipinski definition) is 1. The number of nitrogens with two attached hydrogens (primary N) is 1. The molecule has 2 N–H and O–H groups in total. The van der Waals surface area contributed by atoms with Gasteiger partial charge in [0.25, 0.3) is 5.69 Å². The second-order valence-electron chi connectivity index (χ2n) is 4.68. The molecule has 7 nitrogen and oxygen atoms in total. The minimum atomic E-state index is -3.44. The van der Waals surface area contributed by atoms with Crippen LogP contribution in [-0.4, -0.2) is 38.7 Å². The van der Waals surface area contributed by atoms with Crippen LogP contribution < -0.4 is 10.6 Å². The SMILES string of the molecule is CS(=O)(=O)c1ccc([N+](=O)[O-])cc1N1CC[C@H](N)C1. The highest BCUT2D eigenvalue weighted by atomic mass is 32.2. The third kappa shape index (κ3) is 2.85. The topological polar surface area (TPSA) is 107 Å². The van der Waals surface area contributed by atoms with Crippen LogP contribution in [0.15, 0.2) is 23.1 Å². The van der Waals surface area contributed by atoms with Crippen LogP contribution in [0.25, 0.3) is 0 Å². The van der Waals surface area contributed by atoms with Crippen molar-refractivity contribution in [2.45, 2.75) is 17.4 Å². The summed E-state index contributed by atoms with van der Waals surface area (Å²) in [6, 6.07) is 3.75. The standard InChI is InChI=1S/C11H15N3O4S/c1-19(17,18)11-3-2-9(14(15)16)6-10(11)13-5-4-8(12)7-13/h2-3,6,8H,4-5,7,12H2,1H3/t8-/m0/s1. The molecule has 1 atom stereocenters. The van der Waals surface area contributed by atoms with Gasteiger partial charge in [-0.2, -0.15) is 0 Å². The zero-order chi connectivity index (χ0) is 14.2. The van der Waals surface area contributed by atoms with E-state index in [1.54, 1.807) is 4.90 Å². The molecule has 0 spiro atoms. The van der Waals surface area contributed by atoms with Crippen LogP contribution in [0.1, 0.15) is 6.42 Å². The molecule has 0 bridgehead atoms. The Morgan fingerprint density at radius 1 is 1.47 bits per heavy atom. The molecule has 0 saturated carbocycles. The highest BCUT2D eigenvalue weighted by Crippen LogP contribution is 2.31. The van der Waals surface area contributed by atoms with Crippen LogP contribution in [0.5, 0.6) is 0 Å². The lowest BCUT2D eigenvalue weighted by atomic mass is 10.2. The van der Waals surface area contributed by atoms with E-state index in [0.29, 0.717) is 18.8 Å². The summed E-state index contributed by atoms with van der Waals surface area (Å²) in [5.41, 5.74) is 6.04. The first kappa shape index (κ1) is 13.8. The molecule has 0 aliphatic carbocycles. The molecule has 1 aromatic carbocycles. The van der Waals surface area contributed by atoms with E-state index in [1.807, 2.05) is 0 Å². The summed E-state index contributed by atoms with van der Waals surface area (Å²) >= 11 is 0. The van der Waals surface area contributed by atoms with Crippen molar-refractivity contribution in [3.05, 3.63) is 28.3 Å². The Kier molecular flexibility index (Phi) is 3.46. The summed E-state index contributed by atoms with van der Waals surface area (Å²) in [5.74, 6) is 0. The quantitative estimate of drug-likeness (QED) is 0.641. The van der Waals surface area contributed by atoms with Crippen LogP contribution in [0, 0.1) is 10.1 Å². The van der Waals surface area contributed by atoms with Gasteiger partial charge in [0.1, 0.15) is 0 Å². The van der Waals surface area contributed by atoms with Crippen LogP contribution in [0.3, 0.4) is 0 Å². The number of sulfone groups is 1. The van der Waals surface area contributed by atoms with Gasteiger partial charge >= 0.3 is 0 Å². The largest absolute Gasteiger partial charge is 0.369 e.